The van der Waals surface area contributed by atoms with E-state index in [4.69, 9.17) is 5.11 Å². The molecule has 0 fully saturated rings. The van der Waals surface area contributed by atoms with Crippen molar-refractivity contribution in [2.24, 2.45) is 0 Å². The first-order chi connectivity index (χ1) is 8.88. The lowest BCUT2D eigenvalue weighted by molar-refractivity contribution is -0.136. The Bertz CT molecular complexity index is 458. The summed E-state index contributed by atoms with van der Waals surface area (Å²) in [7, 11) is 0. The van der Waals surface area contributed by atoms with Gasteiger partial charge >= 0.3 is 11.8 Å². The second kappa shape index (κ2) is 6.79. The number of amides is 2. The lowest BCUT2D eigenvalue weighted by atomic mass is 10.3. The zero-order valence-corrected chi connectivity index (χ0v) is 10.2. The summed E-state index contributed by atoms with van der Waals surface area (Å²) in [5.41, 5.74) is -0.145. The van der Waals surface area contributed by atoms with Gasteiger partial charge in [0.1, 0.15) is 11.6 Å². The smallest absolute Gasteiger partial charge is 0.313 e. The first kappa shape index (κ1) is 15.0. The van der Waals surface area contributed by atoms with E-state index < -0.39 is 29.6 Å². The lowest BCUT2D eigenvalue weighted by Gasteiger charge is -2.07. The minimum absolute atomic E-state index is 0.126. The largest absolute Gasteiger partial charge is 0.393 e. The van der Waals surface area contributed by atoms with Gasteiger partial charge in [-0.25, -0.2) is 8.78 Å². The SMILES string of the molecule is CC(O)CCNC(=O)C(=O)Nc1cc(F)cc(F)c1. The van der Waals surface area contributed by atoms with Gasteiger partial charge in [-0.05, 0) is 25.5 Å². The molecule has 0 aliphatic rings. The van der Waals surface area contributed by atoms with Gasteiger partial charge in [0, 0.05) is 18.3 Å². The Hall–Kier alpha value is -2.02. The highest BCUT2D eigenvalue weighted by atomic mass is 19.1. The molecule has 5 nitrogen and oxygen atoms in total. The summed E-state index contributed by atoms with van der Waals surface area (Å²) >= 11 is 0. The Morgan fingerprint density at radius 3 is 2.32 bits per heavy atom. The first-order valence-corrected chi connectivity index (χ1v) is 5.62. The van der Waals surface area contributed by atoms with E-state index in [1.165, 1.54) is 0 Å². The molecule has 0 heterocycles. The molecule has 2 amide bonds. The molecular weight excluding hydrogens is 258 g/mol. The molecule has 1 atom stereocenters. The van der Waals surface area contributed by atoms with Crippen molar-refractivity contribution in [2.45, 2.75) is 19.4 Å². The highest BCUT2D eigenvalue weighted by Gasteiger charge is 2.14. The van der Waals surface area contributed by atoms with E-state index in [-0.39, 0.29) is 12.2 Å². The van der Waals surface area contributed by atoms with Gasteiger partial charge in [-0.2, -0.15) is 0 Å². The number of rotatable bonds is 4. The van der Waals surface area contributed by atoms with Crippen molar-refractivity contribution in [1.82, 2.24) is 5.32 Å². The van der Waals surface area contributed by atoms with E-state index in [1.54, 1.807) is 6.92 Å². The predicted molar refractivity (Wildman–Crippen MR) is 64.3 cm³/mol. The summed E-state index contributed by atoms with van der Waals surface area (Å²) in [4.78, 5) is 22.7. The van der Waals surface area contributed by atoms with E-state index in [0.29, 0.717) is 12.5 Å². The number of halogens is 2. The van der Waals surface area contributed by atoms with Crippen LogP contribution in [-0.2, 0) is 9.59 Å². The van der Waals surface area contributed by atoms with Crippen molar-refractivity contribution in [2.75, 3.05) is 11.9 Å². The van der Waals surface area contributed by atoms with Crippen molar-refractivity contribution < 1.29 is 23.5 Å². The minimum Gasteiger partial charge on any atom is -0.393 e. The Balaban J connectivity index is 2.52. The van der Waals surface area contributed by atoms with Crippen molar-refractivity contribution in [3.05, 3.63) is 29.8 Å². The third-order valence-electron chi connectivity index (χ3n) is 2.17. The highest BCUT2D eigenvalue weighted by molar-refractivity contribution is 6.39. The number of nitrogens with one attached hydrogen (secondary N) is 2. The van der Waals surface area contributed by atoms with E-state index in [9.17, 15) is 18.4 Å². The number of hydrogen-bond donors (Lipinski definition) is 3. The summed E-state index contributed by atoms with van der Waals surface area (Å²) in [5, 5.41) is 13.3. The number of anilines is 1. The Kier molecular flexibility index (Phi) is 5.37. The number of carbonyl (C=O) groups is 2. The van der Waals surface area contributed by atoms with Crippen LogP contribution in [0.4, 0.5) is 14.5 Å². The Morgan fingerprint density at radius 2 is 1.79 bits per heavy atom. The van der Waals surface area contributed by atoms with Crippen LogP contribution in [-0.4, -0.2) is 29.6 Å². The van der Waals surface area contributed by atoms with Gasteiger partial charge < -0.3 is 15.7 Å². The van der Waals surface area contributed by atoms with E-state index >= 15 is 0 Å². The van der Waals surface area contributed by atoms with Gasteiger partial charge in [-0.3, -0.25) is 9.59 Å². The predicted octanol–water partition coefficient (Wildman–Crippen LogP) is 0.790. The number of benzene rings is 1. The zero-order chi connectivity index (χ0) is 14.4. The molecule has 1 rings (SSSR count). The molecule has 0 bridgehead atoms. The fourth-order valence-electron chi connectivity index (χ4n) is 1.29. The Labute approximate surface area is 108 Å². The van der Waals surface area contributed by atoms with Crippen LogP contribution in [0.5, 0.6) is 0 Å². The van der Waals surface area contributed by atoms with Crippen LogP contribution >= 0.6 is 0 Å². The van der Waals surface area contributed by atoms with Crippen LogP contribution in [0.15, 0.2) is 18.2 Å². The molecule has 0 spiro atoms. The third-order valence-corrected chi connectivity index (χ3v) is 2.17. The second-order valence-corrected chi connectivity index (χ2v) is 4.01. The molecule has 0 radical (unpaired) electrons. The molecule has 3 N–H and O–H groups in total. The number of hydrogen-bond acceptors (Lipinski definition) is 3. The lowest BCUT2D eigenvalue weighted by Crippen LogP contribution is -2.36. The normalized spacial score (nSPS) is 11.8. The van der Waals surface area contributed by atoms with Crippen LogP contribution in [0.3, 0.4) is 0 Å². The summed E-state index contributed by atoms with van der Waals surface area (Å²) in [6.07, 6.45) is -0.297. The van der Waals surface area contributed by atoms with Gasteiger partial charge in [0.15, 0.2) is 0 Å². The number of carbonyl (C=O) groups excluding carboxylic acids is 2. The van der Waals surface area contributed by atoms with Crippen molar-refractivity contribution in [3.63, 3.8) is 0 Å². The monoisotopic (exact) mass is 272 g/mol. The van der Waals surface area contributed by atoms with Crippen LogP contribution < -0.4 is 10.6 Å². The maximum absolute atomic E-state index is 12.9. The van der Waals surface area contributed by atoms with Crippen LogP contribution in [0.1, 0.15) is 13.3 Å². The summed E-state index contributed by atoms with van der Waals surface area (Å²) in [6.45, 7) is 1.67. The van der Waals surface area contributed by atoms with Crippen LogP contribution in [0.25, 0.3) is 0 Å². The zero-order valence-electron chi connectivity index (χ0n) is 10.2. The molecule has 0 aliphatic carbocycles. The first-order valence-electron chi connectivity index (χ1n) is 5.62. The summed E-state index contributed by atoms with van der Waals surface area (Å²) in [5.74, 6) is -3.68. The molecular formula is C12H14F2N2O3. The average Bonchev–Trinajstić information content (AvgIpc) is 2.26. The van der Waals surface area contributed by atoms with Crippen molar-refractivity contribution in [1.29, 1.82) is 0 Å². The quantitative estimate of drug-likeness (QED) is 0.709. The number of aliphatic hydroxyl groups is 1. The van der Waals surface area contributed by atoms with Crippen molar-refractivity contribution >= 4 is 17.5 Å². The molecule has 7 heteroatoms. The van der Waals surface area contributed by atoms with Gasteiger partial charge in [0.25, 0.3) is 0 Å². The molecule has 0 aromatic heterocycles. The molecule has 104 valence electrons. The number of aliphatic hydroxyl groups excluding tert-OH is 1. The van der Waals surface area contributed by atoms with Gasteiger partial charge in [-0.15, -0.1) is 0 Å². The van der Waals surface area contributed by atoms with Gasteiger partial charge in [0.05, 0.1) is 6.10 Å². The second-order valence-electron chi connectivity index (χ2n) is 4.01. The minimum atomic E-state index is -1.03. The van der Waals surface area contributed by atoms with Gasteiger partial charge in [-0.1, -0.05) is 0 Å². The van der Waals surface area contributed by atoms with Crippen molar-refractivity contribution in [3.8, 4) is 0 Å². The molecule has 0 aliphatic heterocycles. The maximum atomic E-state index is 12.9. The maximum Gasteiger partial charge on any atom is 0.313 e. The van der Waals surface area contributed by atoms with E-state index in [2.05, 4.69) is 10.6 Å². The molecule has 19 heavy (non-hydrogen) atoms. The molecule has 0 saturated carbocycles. The molecule has 0 saturated heterocycles. The summed E-state index contributed by atoms with van der Waals surface area (Å²) < 4.78 is 25.7. The average molecular weight is 272 g/mol. The van der Waals surface area contributed by atoms with Crippen LogP contribution in [0, 0.1) is 11.6 Å². The van der Waals surface area contributed by atoms with E-state index in [0.717, 1.165) is 12.1 Å². The fourth-order valence-corrected chi connectivity index (χ4v) is 1.29. The summed E-state index contributed by atoms with van der Waals surface area (Å²) in [6, 6.07) is 2.44. The topological polar surface area (TPSA) is 78.4 Å². The van der Waals surface area contributed by atoms with Gasteiger partial charge in [0.2, 0.25) is 0 Å². The fraction of sp³-hybridized carbons (Fsp3) is 0.333. The Morgan fingerprint density at radius 1 is 1.21 bits per heavy atom. The van der Waals surface area contributed by atoms with Crippen LogP contribution in [0.2, 0.25) is 0 Å². The van der Waals surface area contributed by atoms with E-state index in [1.807, 2.05) is 0 Å². The standard InChI is InChI=1S/C12H14F2N2O3/c1-7(17)2-3-15-11(18)12(19)16-10-5-8(13)4-9(14)6-10/h4-7,17H,2-3H2,1H3,(H,15,18)(H,16,19). The molecule has 1 aromatic carbocycles. The highest BCUT2D eigenvalue weighted by Crippen LogP contribution is 2.12. The molecule has 1 aromatic rings. The third kappa shape index (κ3) is 5.43. The molecule has 1 unspecified atom stereocenters.